The van der Waals surface area contributed by atoms with Gasteiger partial charge < -0.3 is 19.5 Å². The molecule has 4 heteroatoms. The predicted octanol–water partition coefficient (Wildman–Crippen LogP) is 4.00. The molecular formula is C21H29NO3. The highest BCUT2D eigenvalue weighted by atomic mass is 16.5. The highest BCUT2D eigenvalue weighted by molar-refractivity contribution is 5.39. The van der Waals surface area contributed by atoms with Gasteiger partial charge in [0.2, 0.25) is 0 Å². The lowest BCUT2D eigenvalue weighted by Crippen LogP contribution is -2.31. The van der Waals surface area contributed by atoms with Crippen LogP contribution in [-0.4, -0.2) is 32.9 Å². The van der Waals surface area contributed by atoms with Crippen LogP contribution in [0.25, 0.3) is 0 Å². The van der Waals surface area contributed by atoms with Gasteiger partial charge in [0.25, 0.3) is 0 Å². The van der Waals surface area contributed by atoms with E-state index in [1.54, 1.807) is 7.11 Å². The van der Waals surface area contributed by atoms with Crippen molar-refractivity contribution in [2.45, 2.75) is 33.2 Å². The highest BCUT2D eigenvalue weighted by Gasteiger charge is 2.07. The van der Waals surface area contributed by atoms with Crippen LogP contribution in [0.4, 0.5) is 0 Å². The molecule has 2 aromatic carbocycles. The van der Waals surface area contributed by atoms with E-state index in [4.69, 9.17) is 14.2 Å². The second kappa shape index (κ2) is 9.94. The van der Waals surface area contributed by atoms with Crippen molar-refractivity contribution in [1.29, 1.82) is 0 Å². The minimum atomic E-state index is 0.374. The second-order valence-electron chi connectivity index (χ2n) is 6.09. The fraction of sp³-hybridized carbons (Fsp3) is 0.429. The first-order valence-corrected chi connectivity index (χ1v) is 8.85. The maximum Gasteiger partial charge on any atom is 0.161 e. The van der Waals surface area contributed by atoms with Gasteiger partial charge in [0.05, 0.1) is 13.7 Å². The first-order chi connectivity index (χ1) is 12.1. The molecule has 0 aliphatic rings. The Morgan fingerprint density at radius 3 is 2.36 bits per heavy atom. The van der Waals surface area contributed by atoms with Crippen molar-refractivity contribution in [3.63, 3.8) is 0 Å². The highest BCUT2D eigenvalue weighted by Crippen LogP contribution is 2.26. The van der Waals surface area contributed by atoms with Gasteiger partial charge in [-0.25, -0.2) is 0 Å². The van der Waals surface area contributed by atoms with E-state index in [1.165, 1.54) is 11.1 Å². The second-order valence-corrected chi connectivity index (χ2v) is 6.09. The van der Waals surface area contributed by atoms with Crippen LogP contribution in [0.1, 0.15) is 25.0 Å². The Balaban J connectivity index is 1.75. The largest absolute Gasteiger partial charge is 0.496 e. The summed E-state index contributed by atoms with van der Waals surface area (Å²) in [4.78, 5) is 0. The SMILES string of the molecule is CCOc1ccccc1OCCN[C@H](C)Cc1ccc(OC)c(C)c1. The van der Waals surface area contributed by atoms with Gasteiger partial charge in [-0.15, -0.1) is 0 Å². The van der Waals surface area contributed by atoms with E-state index in [0.717, 1.165) is 30.2 Å². The van der Waals surface area contributed by atoms with Crippen molar-refractivity contribution in [3.8, 4) is 17.2 Å². The number of aryl methyl sites for hydroxylation is 1. The average molecular weight is 343 g/mol. The van der Waals surface area contributed by atoms with Crippen LogP contribution in [0.15, 0.2) is 42.5 Å². The summed E-state index contributed by atoms with van der Waals surface area (Å²) in [5, 5.41) is 3.50. The van der Waals surface area contributed by atoms with Crippen LogP contribution in [0, 0.1) is 6.92 Å². The molecule has 25 heavy (non-hydrogen) atoms. The molecule has 0 radical (unpaired) electrons. The molecule has 1 N–H and O–H groups in total. The number of rotatable bonds is 10. The van der Waals surface area contributed by atoms with Crippen LogP contribution in [0.3, 0.4) is 0 Å². The molecule has 0 bridgehead atoms. The molecule has 0 heterocycles. The average Bonchev–Trinajstić information content (AvgIpc) is 2.60. The number of hydrogen-bond donors (Lipinski definition) is 1. The van der Waals surface area contributed by atoms with Crippen LogP contribution in [-0.2, 0) is 6.42 Å². The zero-order valence-corrected chi connectivity index (χ0v) is 15.7. The number of ether oxygens (including phenoxy) is 3. The predicted molar refractivity (Wildman–Crippen MR) is 102 cm³/mol. The molecule has 0 aliphatic carbocycles. The Hall–Kier alpha value is -2.20. The summed E-state index contributed by atoms with van der Waals surface area (Å²) in [5.41, 5.74) is 2.48. The zero-order valence-electron chi connectivity index (χ0n) is 15.7. The Labute approximate surface area is 151 Å². The lowest BCUT2D eigenvalue weighted by molar-refractivity contribution is 0.272. The molecule has 0 saturated carbocycles. The first kappa shape index (κ1) is 19.1. The van der Waals surface area contributed by atoms with Crippen molar-refractivity contribution in [3.05, 3.63) is 53.6 Å². The van der Waals surface area contributed by atoms with Crippen molar-refractivity contribution in [2.75, 3.05) is 26.9 Å². The van der Waals surface area contributed by atoms with E-state index in [9.17, 15) is 0 Å². The van der Waals surface area contributed by atoms with Crippen LogP contribution in [0.5, 0.6) is 17.2 Å². The number of nitrogens with one attached hydrogen (secondary N) is 1. The Bertz CT molecular complexity index is 657. The third-order valence-electron chi connectivity index (χ3n) is 4.00. The van der Waals surface area contributed by atoms with E-state index in [-0.39, 0.29) is 0 Å². The molecule has 136 valence electrons. The van der Waals surface area contributed by atoms with Crippen molar-refractivity contribution in [1.82, 2.24) is 5.32 Å². The fourth-order valence-electron chi connectivity index (χ4n) is 2.80. The summed E-state index contributed by atoms with van der Waals surface area (Å²) in [7, 11) is 1.70. The molecule has 0 unspecified atom stereocenters. The molecule has 1 atom stereocenters. The van der Waals surface area contributed by atoms with Gasteiger partial charge >= 0.3 is 0 Å². The molecule has 0 spiro atoms. The molecule has 2 rings (SSSR count). The van der Waals surface area contributed by atoms with Crippen LogP contribution < -0.4 is 19.5 Å². The molecule has 0 saturated heterocycles. The zero-order chi connectivity index (χ0) is 18.1. The third-order valence-corrected chi connectivity index (χ3v) is 4.00. The minimum absolute atomic E-state index is 0.374. The molecule has 0 aliphatic heterocycles. The summed E-state index contributed by atoms with van der Waals surface area (Å²) in [6, 6.07) is 14.5. The van der Waals surface area contributed by atoms with Gasteiger partial charge in [-0.2, -0.15) is 0 Å². The van der Waals surface area contributed by atoms with Gasteiger partial charge in [-0.05, 0) is 56.5 Å². The number of methoxy groups -OCH3 is 1. The number of hydrogen-bond acceptors (Lipinski definition) is 4. The fourth-order valence-corrected chi connectivity index (χ4v) is 2.80. The standard InChI is InChI=1S/C21H29NO3/c1-5-24-20-8-6-7-9-21(20)25-13-12-22-17(3)15-18-10-11-19(23-4)16(2)14-18/h6-11,14,17,22H,5,12-13,15H2,1-4H3/t17-/m1/s1. The molecule has 0 aromatic heterocycles. The van der Waals surface area contributed by atoms with Gasteiger partial charge in [0, 0.05) is 12.6 Å². The van der Waals surface area contributed by atoms with E-state index < -0.39 is 0 Å². The van der Waals surface area contributed by atoms with Crippen molar-refractivity contribution < 1.29 is 14.2 Å². The molecular weight excluding hydrogens is 314 g/mol. The lowest BCUT2D eigenvalue weighted by Gasteiger charge is -2.16. The Morgan fingerprint density at radius 1 is 1.00 bits per heavy atom. The van der Waals surface area contributed by atoms with Crippen LogP contribution >= 0.6 is 0 Å². The molecule has 2 aromatic rings. The smallest absolute Gasteiger partial charge is 0.161 e. The summed E-state index contributed by atoms with van der Waals surface area (Å²) < 4.78 is 16.7. The maximum atomic E-state index is 5.84. The Morgan fingerprint density at radius 2 is 1.72 bits per heavy atom. The van der Waals surface area contributed by atoms with Gasteiger partial charge in [0.15, 0.2) is 11.5 Å². The maximum absolute atomic E-state index is 5.84. The number of benzene rings is 2. The van der Waals surface area contributed by atoms with Gasteiger partial charge in [0.1, 0.15) is 12.4 Å². The molecule has 0 amide bonds. The summed E-state index contributed by atoms with van der Waals surface area (Å²) in [5.74, 6) is 2.53. The topological polar surface area (TPSA) is 39.7 Å². The number of para-hydroxylation sites is 2. The summed E-state index contributed by atoms with van der Waals surface area (Å²) >= 11 is 0. The van der Waals surface area contributed by atoms with E-state index in [0.29, 0.717) is 19.3 Å². The molecule has 4 nitrogen and oxygen atoms in total. The van der Waals surface area contributed by atoms with E-state index >= 15 is 0 Å². The monoisotopic (exact) mass is 343 g/mol. The van der Waals surface area contributed by atoms with Crippen molar-refractivity contribution in [2.24, 2.45) is 0 Å². The van der Waals surface area contributed by atoms with E-state index in [2.05, 4.69) is 31.3 Å². The van der Waals surface area contributed by atoms with Gasteiger partial charge in [-0.3, -0.25) is 0 Å². The Kier molecular flexibility index (Phi) is 7.61. The lowest BCUT2D eigenvalue weighted by atomic mass is 10.0. The molecule has 0 fully saturated rings. The van der Waals surface area contributed by atoms with Crippen molar-refractivity contribution >= 4 is 0 Å². The summed E-state index contributed by atoms with van der Waals surface area (Å²) in [6.45, 7) is 8.27. The minimum Gasteiger partial charge on any atom is -0.496 e. The third kappa shape index (κ3) is 5.98. The quantitative estimate of drug-likeness (QED) is 0.662. The van der Waals surface area contributed by atoms with Crippen LogP contribution in [0.2, 0.25) is 0 Å². The normalized spacial score (nSPS) is 11.8. The van der Waals surface area contributed by atoms with E-state index in [1.807, 2.05) is 37.3 Å². The van der Waals surface area contributed by atoms with Gasteiger partial charge in [-0.1, -0.05) is 24.3 Å². The summed E-state index contributed by atoms with van der Waals surface area (Å²) in [6.07, 6.45) is 0.973. The first-order valence-electron chi connectivity index (χ1n) is 8.85.